The van der Waals surface area contributed by atoms with Crippen molar-refractivity contribution in [2.24, 2.45) is 0 Å². The lowest BCUT2D eigenvalue weighted by atomic mass is 9.88. The summed E-state index contributed by atoms with van der Waals surface area (Å²) in [6.07, 6.45) is 7.85. The van der Waals surface area contributed by atoms with Crippen LogP contribution in [-0.4, -0.2) is 11.9 Å². The van der Waals surface area contributed by atoms with E-state index < -0.39 is 0 Å². The minimum absolute atomic E-state index is 0.0859. The summed E-state index contributed by atoms with van der Waals surface area (Å²) in [4.78, 5) is 12.6. The van der Waals surface area contributed by atoms with Crippen LogP contribution in [0.4, 0.5) is 0 Å². The monoisotopic (exact) mass is 305 g/mol. The molecule has 118 valence electrons. The van der Waals surface area contributed by atoms with Gasteiger partial charge in [0, 0.05) is 11.6 Å². The Morgan fingerprint density at radius 1 is 0.870 bits per heavy atom. The number of amides is 1. The molecular formula is C21H23NO. The Bertz CT molecular complexity index is 734. The lowest BCUT2D eigenvalue weighted by Gasteiger charge is -2.25. The van der Waals surface area contributed by atoms with Gasteiger partial charge in [0.25, 0.3) is 5.91 Å². The highest BCUT2D eigenvalue weighted by Crippen LogP contribution is 2.24. The van der Waals surface area contributed by atoms with E-state index in [0.29, 0.717) is 0 Å². The molecule has 23 heavy (non-hydrogen) atoms. The van der Waals surface area contributed by atoms with Crippen molar-refractivity contribution in [1.29, 1.82) is 0 Å². The third-order valence-electron chi connectivity index (χ3n) is 5.29. The third-order valence-corrected chi connectivity index (χ3v) is 5.29. The molecule has 2 nitrogen and oxygen atoms in total. The van der Waals surface area contributed by atoms with Gasteiger partial charge in [-0.3, -0.25) is 4.79 Å². The number of aryl methyl sites for hydroxylation is 3. The van der Waals surface area contributed by atoms with Gasteiger partial charge in [0.05, 0.1) is 0 Å². The second-order valence-electron chi connectivity index (χ2n) is 6.87. The largest absolute Gasteiger partial charge is 0.349 e. The molecular weight excluding hydrogens is 282 g/mol. The van der Waals surface area contributed by atoms with Crippen LogP contribution in [0.15, 0.2) is 42.5 Å². The predicted molar refractivity (Wildman–Crippen MR) is 92.8 cm³/mol. The van der Waals surface area contributed by atoms with Crippen molar-refractivity contribution in [1.82, 2.24) is 5.32 Å². The van der Waals surface area contributed by atoms with Gasteiger partial charge in [0.2, 0.25) is 0 Å². The lowest BCUT2D eigenvalue weighted by molar-refractivity contribution is 0.0933. The van der Waals surface area contributed by atoms with Crippen LogP contribution in [0.3, 0.4) is 0 Å². The average molecular weight is 305 g/mol. The lowest BCUT2D eigenvalue weighted by Crippen LogP contribution is -2.38. The van der Waals surface area contributed by atoms with Crippen molar-refractivity contribution < 1.29 is 4.79 Å². The molecule has 2 aromatic rings. The molecule has 1 N–H and O–H groups in total. The third kappa shape index (κ3) is 3.03. The van der Waals surface area contributed by atoms with Crippen LogP contribution < -0.4 is 5.32 Å². The van der Waals surface area contributed by atoms with E-state index in [1.165, 1.54) is 35.1 Å². The molecule has 1 unspecified atom stereocenters. The number of carbonyl (C=O) groups excluding carboxylic acids is 1. The van der Waals surface area contributed by atoms with Crippen molar-refractivity contribution in [2.75, 3.05) is 0 Å². The van der Waals surface area contributed by atoms with Gasteiger partial charge < -0.3 is 5.32 Å². The Labute approximate surface area is 137 Å². The van der Waals surface area contributed by atoms with E-state index in [-0.39, 0.29) is 11.9 Å². The maximum atomic E-state index is 12.6. The number of carbonyl (C=O) groups is 1. The molecule has 2 heteroatoms. The average Bonchev–Trinajstić information content (AvgIpc) is 2.61. The van der Waals surface area contributed by atoms with Gasteiger partial charge in [-0.1, -0.05) is 30.3 Å². The van der Waals surface area contributed by atoms with E-state index in [9.17, 15) is 4.79 Å². The molecule has 0 saturated carbocycles. The summed E-state index contributed by atoms with van der Waals surface area (Å²) in [5.74, 6) is 0.0859. The van der Waals surface area contributed by atoms with E-state index in [1.807, 2.05) is 6.07 Å². The van der Waals surface area contributed by atoms with E-state index in [4.69, 9.17) is 0 Å². The summed E-state index contributed by atoms with van der Waals surface area (Å²) in [5.41, 5.74) is 6.45. The highest BCUT2D eigenvalue weighted by atomic mass is 16.1. The van der Waals surface area contributed by atoms with Crippen LogP contribution in [0, 0.1) is 0 Å². The summed E-state index contributed by atoms with van der Waals surface area (Å²) in [6, 6.07) is 15.1. The van der Waals surface area contributed by atoms with Gasteiger partial charge in [-0.15, -0.1) is 0 Å². The molecule has 2 aliphatic rings. The van der Waals surface area contributed by atoms with Crippen molar-refractivity contribution in [2.45, 2.75) is 51.0 Å². The first-order valence-corrected chi connectivity index (χ1v) is 8.79. The van der Waals surface area contributed by atoms with Gasteiger partial charge in [0.1, 0.15) is 0 Å². The van der Waals surface area contributed by atoms with Gasteiger partial charge in [-0.2, -0.15) is 0 Å². The summed E-state index contributed by atoms with van der Waals surface area (Å²) in [7, 11) is 0. The fourth-order valence-electron chi connectivity index (χ4n) is 3.96. The maximum absolute atomic E-state index is 12.6. The number of hydrogen-bond acceptors (Lipinski definition) is 1. The first kappa shape index (κ1) is 14.5. The summed E-state index contributed by atoms with van der Waals surface area (Å²) < 4.78 is 0. The van der Waals surface area contributed by atoms with Gasteiger partial charge in [-0.25, -0.2) is 0 Å². The van der Waals surface area contributed by atoms with Crippen LogP contribution in [0.5, 0.6) is 0 Å². The van der Waals surface area contributed by atoms with Gasteiger partial charge >= 0.3 is 0 Å². The molecule has 0 heterocycles. The number of hydrogen-bond donors (Lipinski definition) is 1. The Morgan fingerprint density at radius 2 is 1.61 bits per heavy atom. The first-order chi connectivity index (χ1) is 11.3. The second kappa shape index (κ2) is 6.19. The Balaban J connectivity index is 1.46. The van der Waals surface area contributed by atoms with E-state index in [1.54, 1.807) is 0 Å². The highest BCUT2D eigenvalue weighted by molar-refractivity contribution is 5.94. The molecule has 0 fully saturated rings. The minimum Gasteiger partial charge on any atom is -0.349 e. The van der Waals surface area contributed by atoms with E-state index >= 15 is 0 Å². The normalized spacial score (nSPS) is 19.6. The maximum Gasteiger partial charge on any atom is 0.251 e. The van der Waals surface area contributed by atoms with Crippen LogP contribution in [0.1, 0.15) is 51.9 Å². The molecule has 1 amide bonds. The molecule has 0 saturated heterocycles. The topological polar surface area (TPSA) is 29.1 Å². The van der Waals surface area contributed by atoms with Crippen LogP contribution >= 0.6 is 0 Å². The molecule has 4 rings (SSSR count). The number of benzene rings is 2. The van der Waals surface area contributed by atoms with Crippen LogP contribution in [0.25, 0.3) is 0 Å². The molecule has 2 aliphatic carbocycles. The Morgan fingerprint density at radius 3 is 2.48 bits per heavy atom. The summed E-state index contributed by atoms with van der Waals surface area (Å²) >= 11 is 0. The SMILES string of the molecule is O=C(NC1CCc2ccccc2C1)c1ccc2c(c1)CCCC2. The fraction of sp³-hybridized carbons (Fsp3) is 0.381. The zero-order valence-electron chi connectivity index (χ0n) is 13.5. The van der Waals surface area contributed by atoms with Gasteiger partial charge in [-0.05, 0) is 79.3 Å². The Hall–Kier alpha value is -2.09. The molecule has 0 aliphatic heterocycles. The highest BCUT2D eigenvalue weighted by Gasteiger charge is 2.21. The summed E-state index contributed by atoms with van der Waals surface area (Å²) in [5, 5.41) is 3.24. The molecule has 0 aromatic heterocycles. The second-order valence-corrected chi connectivity index (χ2v) is 6.87. The standard InChI is InChI=1S/C21H23NO/c23-21(19-10-9-15-5-1-3-7-17(15)13-19)22-20-12-11-16-6-2-4-8-18(16)14-20/h2,4,6,8-10,13,20H,1,3,5,7,11-12,14H2,(H,22,23). The van der Waals surface area contributed by atoms with Crippen LogP contribution in [-0.2, 0) is 25.7 Å². The van der Waals surface area contributed by atoms with Crippen molar-refractivity contribution >= 4 is 5.91 Å². The molecule has 0 spiro atoms. The Kier molecular flexibility index (Phi) is 3.90. The summed E-state index contributed by atoms with van der Waals surface area (Å²) in [6.45, 7) is 0. The fourth-order valence-corrected chi connectivity index (χ4v) is 3.96. The molecule has 0 radical (unpaired) electrons. The molecule has 1 atom stereocenters. The van der Waals surface area contributed by atoms with E-state index in [0.717, 1.165) is 37.7 Å². The number of fused-ring (bicyclic) bond motifs is 2. The number of nitrogens with one attached hydrogen (secondary N) is 1. The molecule has 2 aromatic carbocycles. The van der Waals surface area contributed by atoms with Gasteiger partial charge in [0.15, 0.2) is 0 Å². The number of rotatable bonds is 2. The van der Waals surface area contributed by atoms with Crippen LogP contribution in [0.2, 0.25) is 0 Å². The predicted octanol–water partition coefficient (Wildman–Crippen LogP) is 3.85. The minimum atomic E-state index is 0.0859. The first-order valence-electron chi connectivity index (χ1n) is 8.79. The van der Waals surface area contributed by atoms with Crippen molar-refractivity contribution in [3.63, 3.8) is 0 Å². The smallest absolute Gasteiger partial charge is 0.251 e. The van der Waals surface area contributed by atoms with Crippen molar-refractivity contribution in [3.8, 4) is 0 Å². The van der Waals surface area contributed by atoms with E-state index in [2.05, 4.69) is 41.7 Å². The molecule has 0 bridgehead atoms. The zero-order chi connectivity index (χ0) is 15.6. The zero-order valence-corrected chi connectivity index (χ0v) is 13.5. The quantitative estimate of drug-likeness (QED) is 0.897. The van der Waals surface area contributed by atoms with Crippen molar-refractivity contribution in [3.05, 3.63) is 70.3 Å².